The van der Waals surface area contributed by atoms with Crippen LogP contribution in [0.2, 0.25) is 0 Å². The van der Waals surface area contributed by atoms with Crippen LogP contribution in [0, 0.1) is 0 Å². The predicted octanol–water partition coefficient (Wildman–Crippen LogP) is -3.09. The van der Waals surface area contributed by atoms with Crippen molar-refractivity contribution >= 4 is 34.1 Å². The minimum atomic E-state index is -3.73. The molecule has 1 aliphatic heterocycles. The third-order valence-electron chi connectivity index (χ3n) is 4.92. The maximum atomic E-state index is 12.7. The van der Waals surface area contributed by atoms with Crippen molar-refractivity contribution in [3.05, 3.63) is 35.9 Å². The van der Waals surface area contributed by atoms with E-state index in [9.17, 15) is 22.8 Å². The first-order valence-corrected chi connectivity index (χ1v) is 12.0. The minimum absolute atomic E-state index is 0.0780. The molecule has 0 aliphatic carbocycles. The van der Waals surface area contributed by atoms with Crippen LogP contribution in [0.15, 0.2) is 30.3 Å². The molecule has 0 unspecified atom stereocenters. The molecular weight excluding hydrogens is 436 g/mol. The Hall–Kier alpha value is -2.99. The van der Waals surface area contributed by atoms with Crippen molar-refractivity contribution in [1.29, 1.82) is 0 Å². The Morgan fingerprint density at radius 3 is 2.66 bits per heavy atom. The second-order valence-electron chi connectivity index (χ2n) is 7.65. The first-order chi connectivity index (χ1) is 15.2. The van der Waals surface area contributed by atoms with Gasteiger partial charge in [-0.2, -0.15) is 0 Å². The summed E-state index contributed by atoms with van der Waals surface area (Å²) in [7, 11) is -3.73. The molecule has 0 spiro atoms. The summed E-state index contributed by atoms with van der Waals surface area (Å²) in [5.74, 6) is -1.10. The van der Waals surface area contributed by atoms with Gasteiger partial charge >= 0.3 is 5.96 Å². The van der Waals surface area contributed by atoms with Crippen LogP contribution in [0.3, 0.4) is 0 Å². The Bertz CT molecular complexity index is 918. The van der Waals surface area contributed by atoms with Gasteiger partial charge in [-0.3, -0.25) is 26.0 Å². The number of hydrogen-bond donors (Lipinski definition) is 5. The zero-order chi connectivity index (χ0) is 23.6. The molecule has 0 aromatic heterocycles. The zero-order valence-corrected chi connectivity index (χ0v) is 18.6. The average molecular weight is 468 g/mol. The van der Waals surface area contributed by atoms with Gasteiger partial charge in [0.2, 0.25) is 21.8 Å². The van der Waals surface area contributed by atoms with Crippen molar-refractivity contribution in [2.75, 3.05) is 19.6 Å². The smallest absolute Gasteiger partial charge is 0.338 e. The number of nitrogens with zero attached hydrogens (tertiary/aromatic N) is 1. The fourth-order valence-corrected chi connectivity index (χ4v) is 4.78. The second kappa shape index (κ2) is 12.2. The third kappa shape index (κ3) is 8.63. The Labute approximate surface area is 187 Å². The number of amides is 2. The van der Waals surface area contributed by atoms with E-state index in [0.717, 1.165) is 0 Å². The van der Waals surface area contributed by atoms with Crippen molar-refractivity contribution < 1.29 is 27.8 Å². The van der Waals surface area contributed by atoms with Gasteiger partial charge in [-0.15, -0.1) is 0 Å². The van der Waals surface area contributed by atoms with E-state index in [1.807, 2.05) is 0 Å². The number of nitrogens with one attached hydrogen (secondary N) is 3. The van der Waals surface area contributed by atoms with Crippen LogP contribution in [0.5, 0.6) is 0 Å². The van der Waals surface area contributed by atoms with Crippen molar-refractivity contribution in [2.45, 2.75) is 43.5 Å². The number of rotatable bonds is 12. The molecule has 1 fully saturated rings. The maximum Gasteiger partial charge on any atom is 0.338 e. The van der Waals surface area contributed by atoms with Crippen LogP contribution in [0.25, 0.3) is 0 Å². The van der Waals surface area contributed by atoms with E-state index < -0.39 is 33.9 Å². The number of benzene rings is 1. The van der Waals surface area contributed by atoms with Crippen LogP contribution in [0.1, 0.15) is 31.2 Å². The Morgan fingerprint density at radius 2 is 2.00 bits per heavy atom. The molecule has 0 saturated carbocycles. The lowest BCUT2D eigenvalue weighted by Crippen LogP contribution is -2.78. The molecule has 32 heavy (non-hydrogen) atoms. The van der Waals surface area contributed by atoms with E-state index in [2.05, 4.69) is 15.0 Å². The van der Waals surface area contributed by atoms with Gasteiger partial charge in [-0.05, 0) is 31.2 Å². The normalized spacial score (nSPS) is 17.4. The van der Waals surface area contributed by atoms with Gasteiger partial charge in [0, 0.05) is 6.54 Å². The highest BCUT2D eigenvalue weighted by Crippen LogP contribution is 2.14. The van der Waals surface area contributed by atoms with E-state index in [1.54, 1.807) is 30.3 Å². The van der Waals surface area contributed by atoms with Crippen LogP contribution >= 0.6 is 0 Å². The highest BCUT2D eigenvalue weighted by molar-refractivity contribution is 7.88. The summed E-state index contributed by atoms with van der Waals surface area (Å²) in [5.41, 5.74) is 11.2. The van der Waals surface area contributed by atoms with Crippen molar-refractivity contribution in [1.82, 2.24) is 14.9 Å². The van der Waals surface area contributed by atoms with E-state index in [4.69, 9.17) is 11.5 Å². The number of hydrogen-bond acceptors (Lipinski definition) is 5. The Kier molecular flexibility index (Phi) is 9.60. The molecule has 1 aromatic carbocycles. The number of carbonyl (C=O) groups excluding carboxylic acids is 3. The summed E-state index contributed by atoms with van der Waals surface area (Å²) in [4.78, 5) is 40.3. The lowest BCUT2D eigenvalue weighted by Gasteiger charge is -2.32. The molecule has 7 N–H and O–H groups in total. The lowest BCUT2D eigenvalue weighted by molar-refractivity contribution is -0.459. The van der Waals surface area contributed by atoms with Gasteiger partial charge in [0.05, 0.1) is 24.9 Å². The van der Waals surface area contributed by atoms with E-state index in [1.165, 1.54) is 4.90 Å². The van der Waals surface area contributed by atoms with Crippen LogP contribution in [-0.4, -0.2) is 69.1 Å². The number of likely N-dealkylation sites (tertiary alicyclic amines) is 1. The van der Waals surface area contributed by atoms with E-state index in [-0.39, 0.29) is 18.3 Å². The number of piperidine rings is 1. The lowest BCUT2D eigenvalue weighted by atomic mass is 10.1. The molecule has 2 rings (SSSR count). The van der Waals surface area contributed by atoms with Crippen molar-refractivity contribution in [2.24, 2.45) is 11.5 Å². The topological polar surface area (TPSA) is 179 Å². The summed E-state index contributed by atoms with van der Waals surface area (Å²) >= 11 is 0. The molecule has 1 aliphatic rings. The summed E-state index contributed by atoms with van der Waals surface area (Å²) in [6.07, 6.45) is 2.47. The number of sulfonamides is 1. The zero-order valence-electron chi connectivity index (χ0n) is 17.8. The molecular formula is C20H31N6O5S+. The number of aldehydes is 1. The van der Waals surface area contributed by atoms with Crippen LogP contribution in [0.4, 0.5) is 0 Å². The fraction of sp³-hybridized carbons (Fsp3) is 0.500. The van der Waals surface area contributed by atoms with Gasteiger partial charge in [0.15, 0.2) is 0 Å². The molecule has 1 heterocycles. The number of nitrogens with two attached hydrogens (primary N) is 2. The van der Waals surface area contributed by atoms with Crippen molar-refractivity contribution in [3.8, 4) is 0 Å². The van der Waals surface area contributed by atoms with Gasteiger partial charge in [0.25, 0.3) is 0 Å². The Morgan fingerprint density at radius 1 is 1.28 bits per heavy atom. The molecule has 12 heteroatoms. The van der Waals surface area contributed by atoms with Gasteiger partial charge < -0.3 is 15.0 Å². The first kappa shape index (κ1) is 25.3. The number of guanidine groups is 1. The molecule has 1 saturated heterocycles. The second-order valence-corrected chi connectivity index (χ2v) is 9.41. The van der Waals surface area contributed by atoms with Crippen LogP contribution < -0.4 is 26.5 Å². The highest BCUT2D eigenvalue weighted by atomic mass is 32.2. The highest BCUT2D eigenvalue weighted by Gasteiger charge is 2.33. The standard InChI is InChI=1S/C20H30N6O5S/c21-20(22)23-10-4-8-16(13-27)24-18(28)12-26-11-5-9-17(19(26)29)25-32(30,31)14-15-6-2-1-3-7-15/h1-3,6-7,13,16-17,25H,4-5,8-12,14H2,(H,24,28)(H4,21,22,23)/p+1/t16-,17-/m0/s1. The average Bonchev–Trinajstić information content (AvgIpc) is 2.73. The maximum absolute atomic E-state index is 12.7. The quantitative estimate of drug-likeness (QED) is 0.0935. The summed E-state index contributed by atoms with van der Waals surface area (Å²) < 4.78 is 27.4. The first-order valence-electron chi connectivity index (χ1n) is 10.4. The summed E-state index contributed by atoms with van der Waals surface area (Å²) in [6.45, 7) is 0.546. The molecule has 0 radical (unpaired) electrons. The fourth-order valence-electron chi connectivity index (χ4n) is 3.41. The summed E-state index contributed by atoms with van der Waals surface area (Å²) in [5, 5.41) is 2.58. The molecule has 1 aromatic rings. The molecule has 0 bridgehead atoms. The van der Waals surface area contributed by atoms with Gasteiger partial charge in [0.1, 0.15) is 12.3 Å². The van der Waals surface area contributed by atoms with Crippen LogP contribution in [-0.2, 0) is 30.2 Å². The van der Waals surface area contributed by atoms with Crippen molar-refractivity contribution in [3.63, 3.8) is 0 Å². The third-order valence-corrected chi connectivity index (χ3v) is 6.28. The molecule has 11 nitrogen and oxygen atoms in total. The molecule has 176 valence electrons. The van der Waals surface area contributed by atoms with E-state index >= 15 is 0 Å². The predicted molar refractivity (Wildman–Crippen MR) is 118 cm³/mol. The minimum Gasteiger partial charge on any atom is -0.345 e. The number of carbonyl (C=O) groups is 3. The van der Waals surface area contributed by atoms with Gasteiger partial charge in [-0.25, -0.2) is 13.1 Å². The SMILES string of the molecule is NC(N)=[NH+]CCC[C@@H](C=O)NC(=O)CN1CCC[C@H](NS(=O)(=O)Cc2ccccc2)C1=O. The molecule has 2 amide bonds. The van der Waals surface area contributed by atoms with Gasteiger partial charge in [-0.1, -0.05) is 30.3 Å². The monoisotopic (exact) mass is 467 g/mol. The van der Waals surface area contributed by atoms with E-state index in [0.29, 0.717) is 50.6 Å². The largest absolute Gasteiger partial charge is 0.345 e. The molecule has 2 atom stereocenters. The summed E-state index contributed by atoms with van der Waals surface area (Å²) in [6, 6.07) is 7.04. The Balaban J connectivity index is 1.87.